The first-order valence-corrected chi connectivity index (χ1v) is 8.98. The number of nitrogens with zero attached hydrogens (tertiary/aromatic N) is 2. The first-order chi connectivity index (χ1) is 12.3. The van der Waals surface area contributed by atoms with E-state index in [0.717, 1.165) is 30.5 Å². The lowest BCUT2D eigenvalue weighted by atomic mass is 9.87. The molecule has 0 bridgehead atoms. The molecule has 1 aliphatic rings. The summed E-state index contributed by atoms with van der Waals surface area (Å²) in [6.45, 7) is 7.52. The molecule has 0 saturated heterocycles. The Morgan fingerprint density at radius 3 is 2.65 bits per heavy atom. The first-order valence-electron chi connectivity index (χ1n) is 8.98. The zero-order chi connectivity index (χ0) is 18.7. The summed E-state index contributed by atoms with van der Waals surface area (Å²) in [5, 5.41) is 6.23. The van der Waals surface area contributed by atoms with Crippen molar-refractivity contribution in [1.29, 1.82) is 0 Å². The molecule has 1 unspecified atom stereocenters. The number of aryl methyl sites for hydroxylation is 2. The summed E-state index contributed by atoms with van der Waals surface area (Å²) in [7, 11) is 0. The molecule has 6 nitrogen and oxygen atoms in total. The van der Waals surface area contributed by atoms with Gasteiger partial charge in [0.05, 0.1) is 6.04 Å². The van der Waals surface area contributed by atoms with Crippen molar-refractivity contribution < 1.29 is 9.53 Å². The topological polar surface area (TPSA) is 76.1 Å². The Kier molecular flexibility index (Phi) is 5.11. The normalized spacial score (nSPS) is 16.5. The van der Waals surface area contributed by atoms with Crippen LogP contribution in [0, 0.1) is 6.92 Å². The quantitative estimate of drug-likeness (QED) is 0.841. The fourth-order valence-electron chi connectivity index (χ4n) is 3.09. The van der Waals surface area contributed by atoms with Gasteiger partial charge in [0.25, 0.3) is 0 Å². The summed E-state index contributed by atoms with van der Waals surface area (Å²) in [4.78, 5) is 20.6. The Labute approximate surface area is 154 Å². The molecule has 6 heteroatoms. The molecule has 1 aromatic heterocycles. The molecule has 138 valence electrons. The van der Waals surface area contributed by atoms with Crippen LogP contribution in [0.1, 0.15) is 56.3 Å². The first kappa shape index (κ1) is 18.2. The highest BCUT2D eigenvalue weighted by molar-refractivity contribution is 5.85. The van der Waals surface area contributed by atoms with E-state index >= 15 is 0 Å². The molecular formula is C20H26N4O2. The smallest absolute Gasteiger partial charge is 0.412 e. The van der Waals surface area contributed by atoms with Crippen LogP contribution >= 0.6 is 0 Å². The van der Waals surface area contributed by atoms with Gasteiger partial charge in [0.1, 0.15) is 5.60 Å². The van der Waals surface area contributed by atoms with Gasteiger partial charge in [0.2, 0.25) is 5.95 Å². The number of amides is 1. The van der Waals surface area contributed by atoms with Crippen LogP contribution in [0.5, 0.6) is 0 Å². The van der Waals surface area contributed by atoms with E-state index in [-0.39, 0.29) is 6.04 Å². The highest BCUT2D eigenvalue weighted by Gasteiger charge is 2.22. The Morgan fingerprint density at radius 1 is 1.23 bits per heavy atom. The fourth-order valence-corrected chi connectivity index (χ4v) is 3.09. The van der Waals surface area contributed by atoms with E-state index in [2.05, 4.69) is 26.7 Å². The zero-order valence-electron chi connectivity index (χ0n) is 15.8. The van der Waals surface area contributed by atoms with E-state index in [1.165, 1.54) is 11.1 Å². The van der Waals surface area contributed by atoms with Crippen LogP contribution < -0.4 is 10.6 Å². The largest absolute Gasteiger partial charge is 0.444 e. The monoisotopic (exact) mass is 354 g/mol. The van der Waals surface area contributed by atoms with Gasteiger partial charge >= 0.3 is 6.09 Å². The molecule has 3 rings (SSSR count). The molecule has 1 aromatic carbocycles. The van der Waals surface area contributed by atoms with Gasteiger partial charge in [-0.3, -0.25) is 5.32 Å². The minimum absolute atomic E-state index is 0.178. The highest BCUT2D eigenvalue weighted by Crippen LogP contribution is 2.33. The molecule has 1 aliphatic carbocycles. The van der Waals surface area contributed by atoms with Gasteiger partial charge in [-0.05, 0) is 75.8 Å². The predicted molar refractivity (Wildman–Crippen MR) is 102 cm³/mol. The van der Waals surface area contributed by atoms with Crippen molar-refractivity contribution in [3.8, 4) is 0 Å². The van der Waals surface area contributed by atoms with E-state index in [4.69, 9.17) is 4.74 Å². The number of nitrogens with one attached hydrogen (secondary N) is 2. The van der Waals surface area contributed by atoms with Gasteiger partial charge in [0.15, 0.2) is 0 Å². The Morgan fingerprint density at radius 2 is 1.96 bits per heavy atom. The Bertz CT molecular complexity index is 781. The summed E-state index contributed by atoms with van der Waals surface area (Å²) in [5.74, 6) is 0.643. The highest BCUT2D eigenvalue weighted by atomic mass is 16.6. The van der Waals surface area contributed by atoms with Crippen LogP contribution in [0.3, 0.4) is 0 Å². The van der Waals surface area contributed by atoms with Crippen molar-refractivity contribution in [1.82, 2.24) is 9.97 Å². The van der Waals surface area contributed by atoms with Crippen molar-refractivity contribution in [3.63, 3.8) is 0 Å². The standard InChI is InChI=1S/C20H26N4O2/c1-13-11-21-18(22-12-13)24-17-7-5-6-14-10-15(8-9-16(14)17)23-19(25)26-20(2,3)4/h8-12,17H,5-7H2,1-4H3,(H,23,25)(H,21,22,24). The molecule has 2 aromatic rings. The molecule has 1 atom stereocenters. The van der Waals surface area contributed by atoms with Gasteiger partial charge in [-0.25, -0.2) is 14.8 Å². The molecular weight excluding hydrogens is 328 g/mol. The molecule has 0 saturated carbocycles. The molecule has 0 radical (unpaired) electrons. The third-order valence-electron chi connectivity index (χ3n) is 4.19. The van der Waals surface area contributed by atoms with Crippen LogP contribution in [-0.4, -0.2) is 21.7 Å². The van der Waals surface area contributed by atoms with Gasteiger partial charge in [-0.1, -0.05) is 6.07 Å². The third-order valence-corrected chi connectivity index (χ3v) is 4.19. The van der Waals surface area contributed by atoms with E-state index < -0.39 is 11.7 Å². The number of rotatable bonds is 3. The number of fused-ring (bicyclic) bond motifs is 1. The number of hydrogen-bond donors (Lipinski definition) is 2. The zero-order valence-corrected chi connectivity index (χ0v) is 15.8. The van der Waals surface area contributed by atoms with Crippen molar-refractivity contribution in [2.75, 3.05) is 10.6 Å². The summed E-state index contributed by atoms with van der Waals surface area (Å²) in [5.41, 5.74) is 3.74. The molecule has 26 heavy (non-hydrogen) atoms. The van der Waals surface area contributed by atoms with E-state index in [0.29, 0.717) is 5.95 Å². The molecule has 1 amide bonds. The number of anilines is 2. The lowest BCUT2D eigenvalue weighted by Gasteiger charge is -2.27. The van der Waals surface area contributed by atoms with Crippen molar-refractivity contribution in [2.45, 2.75) is 58.6 Å². The van der Waals surface area contributed by atoms with Crippen LogP contribution in [0.4, 0.5) is 16.4 Å². The van der Waals surface area contributed by atoms with Crippen LogP contribution in [0.2, 0.25) is 0 Å². The summed E-state index contributed by atoms with van der Waals surface area (Å²) in [6.07, 6.45) is 6.29. The molecule has 0 fully saturated rings. The SMILES string of the molecule is Cc1cnc(NC2CCCc3cc(NC(=O)OC(C)(C)C)ccc32)nc1. The minimum Gasteiger partial charge on any atom is -0.444 e. The lowest BCUT2D eigenvalue weighted by Crippen LogP contribution is -2.27. The van der Waals surface area contributed by atoms with Gasteiger partial charge < -0.3 is 10.1 Å². The third kappa shape index (κ3) is 4.71. The van der Waals surface area contributed by atoms with Crippen LogP contribution in [0.15, 0.2) is 30.6 Å². The molecule has 0 aliphatic heterocycles. The van der Waals surface area contributed by atoms with Gasteiger partial charge in [0, 0.05) is 18.1 Å². The summed E-state index contributed by atoms with van der Waals surface area (Å²) >= 11 is 0. The van der Waals surface area contributed by atoms with Crippen molar-refractivity contribution in [2.24, 2.45) is 0 Å². The molecule has 1 heterocycles. The average Bonchev–Trinajstić information content (AvgIpc) is 2.55. The van der Waals surface area contributed by atoms with Crippen molar-refractivity contribution in [3.05, 3.63) is 47.3 Å². The minimum atomic E-state index is -0.513. The second kappa shape index (κ2) is 7.32. The lowest BCUT2D eigenvalue weighted by molar-refractivity contribution is 0.0636. The number of aromatic nitrogens is 2. The van der Waals surface area contributed by atoms with Gasteiger partial charge in [-0.15, -0.1) is 0 Å². The maximum Gasteiger partial charge on any atom is 0.412 e. The number of hydrogen-bond acceptors (Lipinski definition) is 5. The van der Waals surface area contributed by atoms with Crippen LogP contribution in [-0.2, 0) is 11.2 Å². The number of carbonyl (C=O) groups excluding carboxylic acids is 1. The number of ether oxygens (including phenoxy) is 1. The maximum atomic E-state index is 12.0. The van der Waals surface area contributed by atoms with Gasteiger partial charge in [-0.2, -0.15) is 0 Å². The Hall–Kier alpha value is -2.63. The second-order valence-electron chi connectivity index (χ2n) is 7.71. The maximum absolute atomic E-state index is 12.0. The number of carbonyl (C=O) groups is 1. The Balaban J connectivity index is 1.72. The van der Waals surface area contributed by atoms with Crippen LogP contribution in [0.25, 0.3) is 0 Å². The molecule has 0 spiro atoms. The second-order valence-corrected chi connectivity index (χ2v) is 7.71. The van der Waals surface area contributed by atoms with E-state index in [1.807, 2.05) is 52.2 Å². The average molecular weight is 354 g/mol. The summed E-state index contributed by atoms with van der Waals surface area (Å²) < 4.78 is 5.32. The number of benzene rings is 1. The van der Waals surface area contributed by atoms with Crippen molar-refractivity contribution >= 4 is 17.7 Å². The summed E-state index contributed by atoms with van der Waals surface area (Å²) in [6, 6.07) is 6.19. The molecule has 2 N–H and O–H groups in total. The fraction of sp³-hybridized carbons (Fsp3) is 0.450. The predicted octanol–water partition coefficient (Wildman–Crippen LogP) is 4.62. The van der Waals surface area contributed by atoms with E-state index in [1.54, 1.807) is 0 Å². The van der Waals surface area contributed by atoms with E-state index in [9.17, 15) is 4.79 Å².